The first-order valence-electron chi connectivity index (χ1n) is 6.14. The SMILES string of the molecule is CCCNC(=O)CNCC(=O)Nc1ccc(F)cc1. The third-order valence-electron chi connectivity index (χ3n) is 2.27. The maximum absolute atomic E-state index is 12.6. The van der Waals surface area contributed by atoms with Gasteiger partial charge in [0.15, 0.2) is 0 Å². The topological polar surface area (TPSA) is 70.2 Å². The maximum Gasteiger partial charge on any atom is 0.238 e. The Morgan fingerprint density at radius 3 is 2.37 bits per heavy atom. The average molecular weight is 267 g/mol. The van der Waals surface area contributed by atoms with Gasteiger partial charge in [-0.3, -0.25) is 14.9 Å². The van der Waals surface area contributed by atoms with E-state index in [1.807, 2.05) is 6.92 Å². The monoisotopic (exact) mass is 267 g/mol. The Morgan fingerprint density at radius 1 is 1.11 bits per heavy atom. The van der Waals surface area contributed by atoms with Gasteiger partial charge in [0.05, 0.1) is 13.1 Å². The second kappa shape index (κ2) is 8.20. The predicted molar refractivity (Wildman–Crippen MR) is 71.2 cm³/mol. The van der Waals surface area contributed by atoms with Gasteiger partial charge < -0.3 is 10.6 Å². The molecule has 0 saturated carbocycles. The minimum atomic E-state index is -0.358. The van der Waals surface area contributed by atoms with Crippen LogP contribution < -0.4 is 16.0 Å². The summed E-state index contributed by atoms with van der Waals surface area (Å²) in [5, 5.41) is 8.00. The number of carbonyl (C=O) groups is 2. The third-order valence-corrected chi connectivity index (χ3v) is 2.27. The highest BCUT2D eigenvalue weighted by atomic mass is 19.1. The molecule has 5 nitrogen and oxygen atoms in total. The van der Waals surface area contributed by atoms with Gasteiger partial charge in [0.1, 0.15) is 5.82 Å². The Bertz CT molecular complexity index is 420. The Kier molecular flexibility index (Phi) is 6.52. The molecule has 0 saturated heterocycles. The van der Waals surface area contributed by atoms with Crippen molar-refractivity contribution in [2.75, 3.05) is 25.0 Å². The first-order chi connectivity index (χ1) is 9.11. The van der Waals surface area contributed by atoms with E-state index in [0.29, 0.717) is 12.2 Å². The van der Waals surface area contributed by atoms with Crippen LogP contribution in [0.4, 0.5) is 10.1 Å². The molecule has 0 aliphatic carbocycles. The number of carbonyl (C=O) groups excluding carboxylic acids is 2. The Labute approximate surface area is 111 Å². The summed E-state index contributed by atoms with van der Waals surface area (Å²) in [6.45, 7) is 2.71. The van der Waals surface area contributed by atoms with Crippen molar-refractivity contribution in [3.63, 3.8) is 0 Å². The van der Waals surface area contributed by atoms with Crippen molar-refractivity contribution < 1.29 is 14.0 Å². The van der Waals surface area contributed by atoms with Gasteiger partial charge in [0.25, 0.3) is 0 Å². The summed E-state index contributed by atoms with van der Waals surface area (Å²) in [6, 6.07) is 5.48. The van der Waals surface area contributed by atoms with Crippen LogP contribution in [0, 0.1) is 5.82 Å². The number of rotatable bonds is 7. The summed E-state index contributed by atoms with van der Waals surface area (Å²) < 4.78 is 12.6. The molecule has 1 aromatic rings. The van der Waals surface area contributed by atoms with Gasteiger partial charge in [0, 0.05) is 12.2 Å². The second-order valence-electron chi connectivity index (χ2n) is 4.01. The van der Waals surface area contributed by atoms with Gasteiger partial charge in [-0.2, -0.15) is 0 Å². The molecule has 0 aromatic heterocycles. The number of halogens is 1. The van der Waals surface area contributed by atoms with Gasteiger partial charge >= 0.3 is 0 Å². The van der Waals surface area contributed by atoms with Crippen molar-refractivity contribution in [2.45, 2.75) is 13.3 Å². The lowest BCUT2D eigenvalue weighted by molar-refractivity contribution is -0.120. The zero-order valence-corrected chi connectivity index (χ0v) is 10.8. The van der Waals surface area contributed by atoms with E-state index in [4.69, 9.17) is 0 Å². The van der Waals surface area contributed by atoms with Crippen LogP contribution in [0.1, 0.15) is 13.3 Å². The van der Waals surface area contributed by atoms with Crippen LogP contribution >= 0.6 is 0 Å². The van der Waals surface area contributed by atoms with E-state index >= 15 is 0 Å². The summed E-state index contributed by atoms with van der Waals surface area (Å²) in [5.41, 5.74) is 0.517. The van der Waals surface area contributed by atoms with Crippen LogP contribution in [0.3, 0.4) is 0 Å². The molecule has 0 unspecified atom stereocenters. The molecule has 6 heteroatoms. The zero-order chi connectivity index (χ0) is 14.1. The van der Waals surface area contributed by atoms with E-state index in [1.54, 1.807) is 0 Å². The fourth-order valence-electron chi connectivity index (χ4n) is 1.35. The van der Waals surface area contributed by atoms with E-state index in [1.165, 1.54) is 24.3 Å². The molecule has 0 radical (unpaired) electrons. The lowest BCUT2D eigenvalue weighted by Crippen LogP contribution is -2.37. The standard InChI is InChI=1S/C13H18FN3O2/c1-2-7-16-12(18)8-15-9-13(19)17-11-5-3-10(14)4-6-11/h3-6,15H,2,7-9H2,1H3,(H,16,18)(H,17,19). The molecule has 0 heterocycles. The summed E-state index contributed by atoms with van der Waals surface area (Å²) in [6.07, 6.45) is 0.872. The Hall–Kier alpha value is -1.95. The third kappa shape index (κ3) is 6.52. The van der Waals surface area contributed by atoms with Gasteiger partial charge in [-0.25, -0.2) is 4.39 Å². The zero-order valence-electron chi connectivity index (χ0n) is 10.8. The van der Waals surface area contributed by atoms with E-state index in [9.17, 15) is 14.0 Å². The van der Waals surface area contributed by atoms with Crippen LogP contribution in [0.25, 0.3) is 0 Å². The van der Waals surface area contributed by atoms with Crippen molar-refractivity contribution in [2.24, 2.45) is 0 Å². The van der Waals surface area contributed by atoms with Crippen molar-refractivity contribution >= 4 is 17.5 Å². The quantitative estimate of drug-likeness (QED) is 0.687. The first-order valence-corrected chi connectivity index (χ1v) is 6.14. The largest absolute Gasteiger partial charge is 0.355 e. The van der Waals surface area contributed by atoms with Gasteiger partial charge in [-0.05, 0) is 30.7 Å². The highest BCUT2D eigenvalue weighted by molar-refractivity contribution is 5.92. The maximum atomic E-state index is 12.6. The molecule has 0 atom stereocenters. The Balaban J connectivity index is 2.21. The number of nitrogens with one attached hydrogen (secondary N) is 3. The van der Waals surface area contributed by atoms with E-state index in [0.717, 1.165) is 6.42 Å². The molecule has 0 aliphatic heterocycles. The number of hydrogen-bond donors (Lipinski definition) is 3. The molecule has 2 amide bonds. The predicted octanol–water partition coefficient (Wildman–Crippen LogP) is 0.880. The molecular weight excluding hydrogens is 249 g/mol. The van der Waals surface area contributed by atoms with Gasteiger partial charge in [-0.15, -0.1) is 0 Å². The van der Waals surface area contributed by atoms with Crippen molar-refractivity contribution in [1.29, 1.82) is 0 Å². The summed E-state index contributed by atoms with van der Waals surface area (Å²) in [4.78, 5) is 22.7. The lowest BCUT2D eigenvalue weighted by Gasteiger charge is -2.07. The summed E-state index contributed by atoms with van der Waals surface area (Å²) in [7, 11) is 0. The first kappa shape index (κ1) is 15.1. The Morgan fingerprint density at radius 2 is 1.74 bits per heavy atom. The van der Waals surface area contributed by atoms with Crippen LogP contribution in [0.5, 0.6) is 0 Å². The smallest absolute Gasteiger partial charge is 0.238 e. The van der Waals surface area contributed by atoms with Crippen LogP contribution in [-0.4, -0.2) is 31.4 Å². The molecule has 0 aliphatic rings. The van der Waals surface area contributed by atoms with Crippen LogP contribution in [-0.2, 0) is 9.59 Å². The van der Waals surface area contributed by atoms with Crippen LogP contribution in [0.15, 0.2) is 24.3 Å². The molecule has 3 N–H and O–H groups in total. The molecule has 19 heavy (non-hydrogen) atoms. The summed E-state index contributed by atoms with van der Waals surface area (Å²) in [5.74, 6) is -0.782. The normalized spacial score (nSPS) is 10.0. The molecule has 0 fully saturated rings. The second-order valence-corrected chi connectivity index (χ2v) is 4.01. The van der Waals surface area contributed by atoms with E-state index in [2.05, 4.69) is 16.0 Å². The van der Waals surface area contributed by atoms with E-state index < -0.39 is 0 Å². The van der Waals surface area contributed by atoms with Crippen molar-refractivity contribution in [1.82, 2.24) is 10.6 Å². The molecule has 0 bridgehead atoms. The number of anilines is 1. The lowest BCUT2D eigenvalue weighted by atomic mass is 10.3. The average Bonchev–Trinajstić information content (AvgIpc) is 2.39. The van der Waals surface area contributed by atoms with E-state index in [-0.39, 0.29) is 30.7 Å². The number of benzene rings is 1. The molecule has 104 valence electrons. The highest BCUT2D eigenvalue weighted by Crippen LogP contribution is 2.07. The fourth-order valence-corrected chi connectivity index (χ4v) is 1.35. The highest BCUT2D eigenvalue weighted by Gasteiger charge is 2.04. The van der Waals surface area contributed by atoms with Gasteiger partial charge in [0.2, 0.25) is 11.8 Å². The minimum absolute atomic E-state index is 0.0247. The number of amides is 2. The fraction of sp³-hybridized carbons (Fsp3) is 0.385. The van der Waals surface area contributed by atoms with Crippen molar-refractivity contribution in [3.8, 4) is 0 Å². The van der Waals surface area contributed by atoms with Crippen LogP contribution in [0.2, 0.25) is 0 Å². The molecule has 0 spiro atoms. The van der Waals surface area contributed by atoms with Crippen molar-refractivity contribution in [3.05, 3.63) is 30.1 Å². The molecule has 1 aromatic carbocycles. The van der Waals surface area contributed by atoms with Gasteiger partial charge in [-0.1, -0.05) is 6.92 Å². The summed E-state index contributed by atoms with van der Waals surface area (Å²) >= 11 is 0. The number of hydrogen-bond acceptors (Lipinski definition) is 3. The molecule has 1 rings (SSSR count). The molecular formula is C13H18FN3O2. The minimum Gasteiger partial charge on any atom is -0.355 e.